The number of aliphatic carboxylic acids is 1. The second kappa shape index (κ2) is 132. The van der Waals surface area contributed by atoms with Crippen molar-refractivity contribution in [3.05, 3.63) is 42.3 Å². The molecule has 0 aliphatic rings. The second-order valence-electron chi connectivity index (χ2n) is 3.56. The summed E-state index contributed by atoms with van der Waals surface area (Å²) in [4.78, 5) is 9.00. The fraction of sp³-hybridized carbons (Fsp3) is 0.733. The minimum absolute atomic E-state index is 0. The van der Waals surface area contributed by atoms with E-state index in [0.717, 1.165) is 20.0 Å². The average molecular weight is 600 g/mol. The minimum atomic E-state index is -3.11. The maximum absolute atomic E-state index is 9.00. The maximum atomic E-state index is 9.00. The Kier molecular flexibility index (Phi) is 362. The van der Waals surface area contributed by atoms with E-state index in [2.05, 4.69) is 26.0 Å². The van der Waals surface area contributed by atoms with Crippen molar-refractivity contribution in [3.8, 4) is 0 Å². The van der Waals surface area contributed by atoms with Gasteiger partial charge in [0.2, 0.25) is 0 Å². The number of carboxylic acids is 1. The first-order valence-corrected chi connectivity index (χ1v) is 11.7. The molecule has 6 nitrogen and oxygen atoms in total. The number of ether oxygens (including phenoxy) is 1. The van der Waals surface area contributed by atoms with E-state index in [-0.39, 0.29) is 90.0 Å². The molecule has 3 radical (unpaired) electrons. The second-order valence-corrected chi connectivity index (χ2v) is 3.96. The smallest absolute Gasteiger partial charge is 0.481 e. The summed E-state index contributed by atoms with van der Waals surface area (Å²) >= 11 is 0. The van der Waals surface area contributed by atoms with Crippen LogP contribution in [0.4, 0.5) is 0 Å². The van der Waals surface area contributed by atoms with Crippen molar-refractivity contribution in [2.75, 3.05) is 6.61 Å². The Balaban J connectivity index is -0.0000000123. The topological polar surface area (TPSA) is 97.7 Å². The first-order valence-electron chi connectivity index (χ1n) is 10.7. The van der Waals surface area contributed by atoms with Crippen LogP contribution < -0.4 is 29.6 Å². The third-order valence-corrected chi connectivity index (χ3v) is 1.81. The predicted molar refractivity (Wildman–Crippen MR) is 183 cm³/mol. The van der Waals surface area contributed by atoms with Crippen molar-refractivity contribution in [3.63, 3.8) is 0 Å². The van der Waals surface area contributed by atoms with E-state index in [0.29, 0.717) is 6.61 Å². The van der Waals surface area contributed by atoms with Gasteiger partial charge in [0, 0.05) is 21.9 Å². The molecule has 0 heterocycles. The average Bonchev–Trinajstić information content (AvgIpc) is 2.76. The van der Waals surface area contributed by atoms with Gasteiger partial charge in [0.05, 0.1) is 6.61 Å². The zero-order valence-corrected chi connectivity index (χ0v) is 25.9. The molecular formula is C30H77BNaO6S. The van der Waals surface area contributed by atoms with Gasteiger partial charge in [-0.3, -0.25) is 4.79 Å². The number of carboxylic acid groups (broad SMARTS) is 1. The predicted octanol–water partition coefficient (Wildman–Crippen LogP) is 8.03. The Hall–Kier alpha value is -0.665. The largest absolute Gasteiger partial charge is 1.00 e. The van der Waals surface area contributed by atoms with Crippen molar-refractivity contribution in [2.45, 2.75) is 148 Å². The first-order chi connectivity index (χ1) is 14.3. The third kappa shape index (κ3) is 198. The number of rotatable bonds is 4. The zero-order valence-electron chi connectivity index (χ0n) is 23.1. The van der Waals surface area contributed by atoms with Gasteiger partial charge in [0.1, 0.15) is 0 Å². The molecule has 0 fully saturated rings. The van der Waals surface area contributed by atoms with E-state index in [9.17, 15) is 0 Å². The van der Waals surface area contributed by atoms with Gasteiger partial charge in [0.15, 0.2) is 0 Å². The van der Waals surface area contributed by atoms with E-state index < -0.39 is 16.6 Å². The van der Waals surface area contributed by atoms with E-state index >= 15 is 0 Å². The summed E-state index contributed by atoms with van der Waals surface area (Å²) in [6.45, 7) is 28.4. The number of benzene rings is 1. The maximum Gasteiger partial charge on any atom is 1.00 e. The van der Waals surface area contributed by atoms with Gasteiger partial charge in [-0.1, -0.05) is 145 Å². The molecule has 0 amide bonds. The quantitative estimate of drug-likeness (QED) is 0.214. The molecule has 1 rings (SSSR count). The van der Waals surface area contributed by atoms with Gasteiger partial charge in [0.25, 0.3) is 5.97 Å². The monoisotopic (exact) mass is 600 g/mol. The molecule has 243 valence electrons. The summed E-state index contributed by atoms with van der Waals surface area (Å²) in [5.74, 6) is -0.833. The van der Waals surface area contributed by atoms with Crippen molar-refractivity contribution in [2.24, 2.45) is 0 Å². The molecule has 1 aromatic rings. The van der Waals surface area contributed by atoms with Gasteiger partial charge in [-0.15, -0.1) is 12.6 Å². The Morgan fingerprint density at radius 1 is 0.769 bits per heavy atom. The van der Waals surface area contributed by atoms with Crippen LogP contribution in [0, 0.1) is 13.8 Å². The molecule has 0 saturated heterocycles. The number of hydrogen-bond donors (Lipinski definition) is 1. The molecule has 1 N–H and O–H groups in total. The summed E-state index contributed by atoms with van der Waals surface area (Å²) in [5, 5.41) is 7.42. The standard InChI is InChI=1S/C11H15O.C2H4O2.5C2H6.7CH4.B.Na.O3S/c1-3-8-12-9-11-7-5-4-6-10(11)2;1-2(3)4;5*1-2;;;;;;;;;;1-4(2)3/h4-7H,1,3,8-9H2,2H3;1H3,(H,3,4);5*1-2H3;7*1H4;;;/q-1;;;;;;;;;;;;;;;+1;. The van der Waals surface area contributed by atoms with Gasteiger partial charge < -0.3 is 16.8 Å². The van der Waals surface area contributed by atoms with Crippen LogP contribution in [0.5, 0.6) is 0 Å². The Morgan fingerprint density at radius 3 is 1.21 bits per heavy atom. The SMILES string of the molecule is C.C.C.C.C.C.C.CC.CC.CC.CC.CC.CC(=O)O.O=S(=O)=O.[B].[CH2-]CCOCc1ccccc1C.[Na+]. The van der Waals surface area contributed by atoms with E-state index in [4.69, 9.17) is 27.3 Å². The van der Waals surface area contributed by atoms with Crippen molar-refractivity contribution in [1.29, 1.82) is 0 Å². The van der Waals surface area contributed by atoms with E-state index in [1.807, 2.05) is 81.4 Å². The van der Waals surface area contributed by atoms with Crippen LogP contribution >= 0.6 is 0 Å². The van der Waals surface area contributed by atoms with Gasteiger partial charge in [-0.25, -0.2) is 0 Å². The summed E-state index contributed by atoms with van der Waals surface area (Å²) in [7, 11) is -3.11. The summed E-state index contributed by atoms with van der Waals surface area (Å²) in [5.41, 5.74) is 2.56. The molecule has 1 aromatic carbocycles. The Bertz CT molecular complexity index is 490. The molecule has 0 atom stereocenters. The fourth-order valence-corrected chi connectivity index (χ4v) is 1.06. The molecule has 0 unspecified atom stereocenters. The zero-order chi connectivity index (χ0) is 26.0. The molecule has 39 heavy (non-hydrogen) atoms. The summed E-state index contributed by atoms with van der Waals surface area (Å²) in [6, 6.07) is 8.28. The van der Waals surface area contributed by atoms with Crippen LogP contribution in [-0.4, -0.2) is 38.7 Å². The first kappa shape index (κ1) is 107. The van der Waals surface area contributed by atoms with Gasteiger partial charge in [-0.05, 0) is 18.1 Å². The molecular weight excluding hydrogens is 522 g/mol. The Labute approximate surface area is 277 Å². The van der Waals surface area contributed by atoms with Gasteiger partial charge >= 0.3 is 40.2 Å². The van der Waals surface area contributed by atoms with Crippen LogP contribution in [-0.2, 0) is 26.7 Å². The van der Waals surface area contributed by atoms with Crippen molar-refractivity contribution in [1.82, 2.24) is 0 Å². The number of hydrogen-bond acceptors (Lipinski definition) is 5. The van der Waals surface area contributed by atoms with Crippen molar-refractivity contribution >= 4 is 25.0 Å². The van der Waals surface area contributed by atoms with E-state index in [1.165, 1.54) is 11.1 Å². The normalized spacial score (nSPS) is 5.15. The van der Waals surface area contributed by atoms with E-state index in [1.54, 1.807) is 0 Å². The van der Waals surface area contributed by atoms with Crippen LogP contribution in [0.3, 0.4) is 0 Å². The van der Waals surface area contributed by atoms with Crippen LogP contribution in [0.15, 0.2) is 24.3 Å². The summed E-state index contributed by atoms with van der Waals surface area (Å²) < 4.78 is 30.7. The van der Waals surface area contributed by atoms with Gasteiger partial charge in [-0.2, -0.15) is 6.42 Å². The third-order valence-electron chi connectivity index (χ3n) is 1.81. The molecule has 0 aromatic heterocycles. The molecule has 0 bridgehead atoms. The van der Waals surface area contributed by atoms with Crippen LogP contribution in [0.1, 0.15) is 146 Å². The molecule has 0 aliphatic heterocycles. The van der Waals surface area contributed by atoms with Crippen molar-refractivity contribution < 1.29 is 56.8 Å². The molecule has 0 spiro atoms. The Morgan fingerprint density at radius 2 is 1.00 bits per heavy atom. The molecule has 0 aliphatic carbocycles. The number of carbonyl (C=O) groups is 1. The minimum Gasteiger partial charge on any atom is -0.481 e. The molecule has 9 heteroatoms. The molecule has 0 saturated carbocycles. The van der Waals surface area contributed by atoms with Crippen LogP contribution in [0.2, 0.25) is 0 Å². The summed E-state index contributed by atoms with van der Waals surface area (Å²) in [6.07, 6.45) is 0.839. The van der Waals surface area contributed by atoms with Crippen LogP contribution in [0.25, 0.3) is 0 Å². The number of aryl methyl sites for hydroxylation is 1. The fourth-order valence-electron chi connectivity index (χ4n) is 1.06.